The lowest BCUT2D eigenvalue weighted by Gasteiger charge is -2.18. The Kier molecular flexibility index (Phi) is 6.29. The van der Waals surface area contributed by atoms with Crippen LogP contribution in [-0.2, 0) is 9.53 Å². The molecule has 0 aliphatic heterocycles. The van der Waals surface area contributed by atoms with Gasteiger partial charge in [-0.25, -0.2) is 0 Å². The molecule has 0 fully saturated rings. The maximum absolute atomic E-state index is 12.0. The van der Waals surface area contributed by atoms with Crippen molar-refractivity contribution in [3.8, 4) is 0 Å². The van der Waals surface area contributed by atoms with Gasteiger partial charge < -0.3 is 10.1 Å². The van der Waals surface area contributed by atoms with Gasteiger partial charge >= 0.3 is 6.18 Å². The number of halogens is 4. The molecule has 3 nitrogen and oxygen atoms in total. The van der Waals surface area contributed by atoms with Crippen molar-refractivity contribution < 1.29 is 22.7 Å². The summed E-state index contributed by atoms with van der Waals surface area (Å²) in [5, 5.41) is 2.89. The topological polar surface area (TPSA) is 38.3 Å². The number of nitrogens with one attached hydrogen (secondary N) is 1. The summed E-state index contributed by atoms with van der Waals surface area (Å²) in [6, 6.07) is 6.92. The van der Waals surface area contributed by atoms with Gasteiger partial charge in [-0.15, -0.1) is 0 Å². The van der Waals surface area contributed by atoms with Crippen molar-refractivity contribution >= 4 is 17.5 Å². The number of hydrogen-bond acceptors (Lipinski definition) is 2. The molecular formula is C13H15ClF3NO2. The number of alkyl halides is 3. The molecule has 0 aliphatic carbocycles. The summed E-state index contributed by atoms with van der Waals surface area (Å²) in [7, 11) is 1.44. The fourth-order valence-electron chi connectivity index (χ4n) is 1.61. The van der Waals surface area contributed by atoms with Crippen LogP contribution in [0.1, 0.15) is 24.5 Å². The quantitative estimate of drug-likeness (QED) is 0.873. The molecule has 1 aromatic carbocycles. The second-order valence-corrected chi connectivity index (χ2v) is 4.57. The smallest absolute Gasteiger partial charge is 0.375 e. The Bertz CT molecular complexity index is 451. The van der Waals surface area contributed by atoms with Crippen LogP contribution in [0.5, 0.6) is 0 Å². The van der Waals surface area contributed by atoms with Crippen LogP contribution in [0.2, 0.25) is 5.02 Å². The summed E-state index contributed by atoms with van der Waals surface area (Å²) in [5.41, 5.74) is 0.674. The number of carbonyl (C=O) groups excluding carboxylic acids is 1. The van der Waals surface area contributed by atoms with E-state index in [-0.39, 0.29) is 6.54 Å². The van der Waals surface area contributed by atoms with Gasteiger partial charge in [0.05, 0.1) is 6.42 Å². The molecule has 0 aromatic heterocycles. The van der Waals surface area contributed by atoms with E-state index in [1.54, 1.807) is 24.3 Å². The fourth-order valence-corrected chi connectivity index (χ4v) is 1.86. The van der Waals surface area contributed by atoms with Crippen LogP contribution in [0.4, 0.5) is 13.2 Å². The van der Waals surface area contributed by atoms with E-state index in [9.17, 15) is 18.0 Å². The Balaban J connectivity index is 2.50. The molecule has 1 rings (SSSR count). The van der Waals surface area contributed by atoms with Crippen LogP contribution in [-0.4, -0.2) is 25.7 Å². The standard InChI is InChI=1S/C13H15ClF3NO2/c1-20-11(9-4-2-3-5-10(9)14)8-18-12(19)6-7-13(15,16)17/h2-5,11H,6-8H2,1H3,(H,18,19). The molecule has 1 N–H and O–H groups in total. The SMILES string of the molecule is COC(CNC(=O)CCC(F)(F)F)c1ccccc1Cl. The van der Waals surface area contributed by atoms with E-state index in [2.05, 4.69) is 5.32 Å². The van der Waals surface area contributed by atoms with Crippen LogP contribution in [0.25, 0.3) is 0 Å². The monoisotopic (exact) mass is 309 g/mol. The molecule has 0 aliphatic rings. The summed E-state index contributed by atoms with van der Waals surface area (Å²) in [6.07, 6.45) is -6.57. The van der Waals surface area contributed by atoms with Gasteiger partial charge in [0.1, 0.15) is 6.10 Å². The van der Waals surface area contributed by atoms with Gasteiger partial charge in [0.25, 0.3) is 0 Å². The van der Waals surface area contributed by atoms with E-state index in [1.807, 2.05) is 0 Å². The molecule has 1 aromatic rings. The predicted molar refractivity (Wildman–Crippen MR) is 69.5 cm³/mol. The third-order valence-electron chi connectivity index (χ3n) is 2.66. The summed E-state index contributed by atoms with van der Waals surface area (Å²) >= 11 is 5.99. The van der Waals surface area contributed by atoms with E-state index in [0.29, 0.717) is 10.6 Å². The lowest BCUT2D eigenvalue weighted by Crippen LogP contribution is -2.30. The second kappa shape index (κ2) is 7.50. The van der Waals surface area contributed by atoms with Gasteiger partial charge in [-0.1, -0.05) is 29.8 Å². The minimum atomic E-state index is -4.33. The van der Waals surface area contributed by atoms with Crippen molar-refractivity contribution in [2.75, 3.05) is 13.7 Å². The van der Waals surface area contributed by atoms with Crippen molar-refractivity contribution in [2.24, 2.45) is 0 Å². The van der Waals surface area contributed by atoms with E-state index >= 15 is 0 Å². The zero-order valence-corrected chi connectivity index (χ0v) is 11.6. The molecule has 1 atom stereocenters. The molecule has 0 bridgehead atoms. The van der Waals surface area contributed by atoms with Crippen molar-refractivity contribution in [2.45, 2.75) is 25.1 Å². The molecule has 7 heteroatoms. The highest BCUT2D eigenvalue weighted by molar-refractivity contribution is 6.31. The van der Waals surface area contributed by atoms with Crippen molar-refractivity contribution in [3.63, 3.8) is 0 Å². The Hall–Kier alpha value is -1.27. The third-order valence-corrected chi connectivity index (χ3v) is 3.00. The number of rotatable bonds is 6. The normalized spacial score (nSPS) is 13.1. The number of amides is 1. The predicted octanol–water partition coefficient (Wildman–Crippen LogP) is 3.49. The Morgan fingerprint density at radius 1 is 1.40 bits per heavy atom. The first kappa shape index (κ1) is 16.8. The number of hydrogen-bond donors (Lipinski definition) is 1. The molecule has 1 unspecified atom stereocenters. The van der Waals surface area contributed by atoms with Gasteiger partial charge in [0, 0.05) is 30.7 Å². The average molecular weight is 310 g/mol. The minimum absolute atomic E-state index is 0.0664. The largest absolute Gasteiger partial charge is 0.389 e. The third kappa shape index (κ3) is 5.79. The Morgan fingerprint density at radius 3 is 2.60 bits per heavy atom. The summed E-state index contributed by atoms with van der Waals surface area (Å²) in [5.74, 6) is -0.670. The molecule has 0 saturated heterocycles. The average Bonchev–Trinajstić information content (AvgIpc) is 2.38. The second-order valence-electron chi connectivity index (χ2n) is 4.17. The first-order valence-corrected chi connectivity index (χ1v) is 6.32. The highest BCUT2D eigenvalue weighted by Crippen LogP contribution is 2.24. The first-order chi connectivity index (χ1) is 9.33. The van der Waals surface area contributed by atoms with Gasteiger partial charge in [-0.2, -0.15) is 13.2 Å². The van der Waals surface area contributed by atoms with Gasteiger partial charge in [0.15, 0.2) is 0 Å². The van der Waals surface area contributed by atoms with E-state index in [1.165, 1.54) is 7.11 Å². The number of methoxy groups -OCH3 is 1. The lowest BCUT2D eigenvalue weighted by atomic mass is 10.1. The highest BCUT2D eigenvalue weighted by atomic mass is 35.5. The van der Waals surface area contributed by atoms with Gasteiger partial charge in [0.2, 0.25) is 5.91 Å². The summed E-state index contributed by atoms with van der Waals surface area (Å²) in [6.45, 7) is 0.0664. The van der Waals surface area contributed by atoms with Crippen molar-refractivity contribution in [1.82, 2.24) is 5.32 Å². The molecular weight excluding hydrogens is 295 g/mol. The molecule has 0 saturated carbocycles. The van der Waals surface area contributed by atoms with Crippen LogP contribution >= 0.6 is 11.6 Å². The fraction of sp³-hybridized carbons (Fsp3) is 0.462. The zero-order chi connectivity index (χ0) is 15.2. The molecule has 0 radical (unpaired) electrons. The first-order valence-electron chi connectivity index (χ1n) is 5.94. The van der Waals surface area contributed by atoms with Crippen LogP contribution in [0, 0.1) is 0 Å². The lowest BCUT2D eigenvalue weighted by molar-refractivity contribution is -0.144. The Morgan fingerprint density at radius 2 is 2.05 bits per heavy atom. The van der Waals surface area contributed by atoms with Crippen LogP contribution < -0.4 is 5.32 Å². The molecule has 0 heterocycles. The number of ether oxygens (including phenoxy) is 1. The maximum atomic E-state index is 12.0. The van der Waals surface area contributed by atoms with Gasteiger partial charge in [-0.3, -0.25) is 4.79 Å². The van der Waals surface area contributed by atoms with Gasteiger partial charge in [-0.05, 0) is 6.07 Å². The maximum Gasteiger partial charge on any atom is 0.389 e. The molecule has 20 heavy (non-hydrogen) atoms. The van der Waals surface area contributed by atoms with E-state index in [0.717, 1.165) is 0 Å². The molecule has 112 valence electrons. The van der Waals surface area contributed by atoms with Crippen molar-refractivity contribution in [3.05, 3.63) is 34.9 Å². The Labute approximate surface area is 120 Å². The summed E-state index contributed by atoms with van der Waals surface area (Å²) in [4.78, 5) is 11.3. The zero-order valence-electron chi connectivity index (χ0n) is 10.8. The molecule has 1 amide bonds. The summed E-state index contributed by atoms with van der Waals surface area (Å²) < 4.78 is 41.1. The van der Waals surface area contributed by atoms with E-state index < -0.39 is 31.0 Å². The van der Waals surface area contributed by atoms with E-state index in [4.69, 9.17) is 16.3 Å². The van der Waals surface area contributed by atoms with Crippen molar-refractivity contribution in [1.29, 1.82) is 0 Å². The minimum Gasteiger partial charge on any atom is -0.375 e. The molecule has 0 spiro atoms. The van der Waals surface area contributed by atoms with Crippen LogP contribution in [0.3, 0.4) is 0 Å². The number of carbonyl (C=O) groups is 1. The van der Waals surface area contributed by atoms with Crippen LogP contribution in [0.15, 0.2) is 24.3 Å². The number of benzene rings is 1. The highest BCUT2D eigenvalue weighted by Gasteiger charge is 2.28.